The largest absolute Gasteiger partial charge is 1.00 e. The van der Waals surface area contributed by atoms with E-state index in [4.69, 9.17) is 4.74 Å². The number of methoxy groups -OCH3 is 1. The van der Waals surface area contributed by atoms with Crippen molar-refractivity contribution in [2.75, 3.05) is 34.3 Å². The van der Waals surface area contributed by atoms with Gasteiger partial charge in [0.1, 0.15) is 5.75 Å². The Bertz CT molecular complexity index is 478. The van der Waals surface area contributed by atoms with Gasteiger partial charge in [-0.25, -0.2) is 0 Å². The highest BCUT2D eigenvalue weighted by molar-refractivity contribution is 5.33. The average molecular weight is 372 g/mol. The second-order valence-corrected chi connectivity index (χ2v) is 7.03. The maximum Gasteiger partial charge on any atom is 0.119 e. The predicted octanol–water partition coefficient (Wildman–Crippen LogP) is 0.173. The van der Waals surface area contributed by atoms with Crippen molar-refractivity contribution in [2.45, 2.75) is 38.2 Å². The van der Waals surface area contributed by atoms with E-state index in [0.29, 0.717) is 5.92 Å². The summed E-state index contributed by atoms with van der Waals surface area (Å²) in [5.41, 5.74) is 0.306. The summed E-state index contributed by atoms with van der Waals surface area (Å²) in [6, 6.07) is 7.98. The molecule has 1 fully saturated rings. The third-order valence-electron chi connectivity index (χ3n) is 5.18. The molecule has 0 saturated heterocycles. The van der Waals surface area contributed by atoms with E-state index in [1.54, 1.807) is 7.11 Å². The van der Waals surface area contributed by atoms with Gasteiger partial charge in [-0.05, 0) is 37.5 Å². The maximum absolute atomic E-state index is 11.4. The third-order valence-corrected chi connectivity index (χ3v) is 5.18. The van der Waals surface area contributed by atoms with Gasteiger partial charge in [0.15, 0.2) is 0 Å². The molecule has 126 valence electrons. The lowest BCUT2D eigenvalue weighted by atomic mass is 9.71. The second-order valence-electron chi connectivity index (χ2n) is 7.03. The van der Waals surface area contributed by atoms with E-state index in [-0.39, 0.29) is 17.0 Å². The summed E-state index contributed by atoms with van der Waals surface area (Å²) in [6.07, 6.45) is 4.29. The summed E-state index contributed by atoms with van der Waals surface area (Å²) in [6.45, 7) is 4.32. The van der Waals surface area contributed by atoms with Crippen LogP contribution in [-0.4, -0.2) is 43.9 Å². The van der Waals surface area contributed by atoms with Crippen LogP contribution in [0.4, 0.5) is 0 Å². The van der Waals surface area contributed by atoms with Crippen LogP contribution in [0.5, 0.6) is 5.75 Å². The van der Waals surface area contributed by atoms with Gasteiger partial charge < -0.3 is 31.3 Å². The number of aliphatic hydroxyl groups is 1. The molecule has 2 atom stereocenters. The van der Waals surface area contributed by atoms with Crippen molar-refractivity contribution < 1.29 is 31.3 Å². The number of benzene rings is 1. The Morgan fingerprint density at radius 2 is 2.05 bits per heavy atom. The Balaban J connectivity index is 0.00000242. The number of rotatable bonds is 5. The van der Waals surface area contributed by atoms with Crippen molar-refractivity contribution in [1.82, 2.24) is 0 Å². The molecule has 4 heteroatoms. The molecule has 0 radical (unpaired) electrons. The molecule has 22 heavy (non-hydrogen) atoms. The van der Waals surface area contributed by atoms with Gasteiger partial charge in [-0.2, -0.15) is 0 Å². The second kappa shape index (κ2) is 7.80. The fourth-order valence-electron chi connectivity index (χ4n) is 3.47. The van der Waals surface area contributed by atoms with Gasteiger partial charge >= 0.3 is 0 Å². The molecule has 1 aromatic carbocycles. The fourth-order valence-corrected chi connectivity index (χ4v) is 3.47. The summed E-state index contributed by atoms with van der Waals surface area (Å²) >= 11 is 0. The normalized spacial score (nSPS) is 25.4. The van der Waals surface area contributed by atoms with Crippen molar-refractivity contribution in [1.29, 1.82) is 0 Å². The number of quaternary nitrogens is 1. The molecular weight excluding hydrogens is 342 g/mol. The van der Waals surface area contributed by atoms with Crippen LogP contribution in [-0.2, 0) is 5.60 Å². The van der Waals surface area contributed by atoms with E-state index in [1.807, 2.05) is 24.3 Å². The topological polar surface area (TPSA) is 29.5 Å². The first-order valence-corrected chi connectivity index (χ1v) is 8.10. The van der Waals surface area contributed by atoms with Crippen molar-refractivity contribution in [3.8, 4) is 5.75 Å². The standard InChI is InChI=1S/C18H30NO2.BrH/c1-5-19(2,3)14-16-9-6-7-12-18(16,20)15-10-8-11-17(13-15)21-4;/h8,10-11,13,16,20H,5-7,9,12,14H2,1-4H3;1H/q+1;/p-1/t16?,18-;/m0./s1. The summed E-state index contributed by atoms with van der Waals surface area (Å²) in [5.74, 6) is 1.14. The highest BCUT2D eigenvalue weighted by Crippen LogP contribution is 2.43. The lowest BCUT2D eigenvalue weighted by Crippen LogP contribution is -3.00. The van der Waals surface area contributed by atoms with Gasteiger partial charge in [-0.3, -0.25) is 0 Å². The SMILES string of the molecule is CC[N+](C)(C)CC1CCCC[C@]1(O)c1cccc(OC)c1.[Br-]. The maximum atomic E-state index is 11.4. The Labute approximate surface area is 145 Å². The van der Waals surface area contributed by atoms with Gasteiger partial charge in [-0.15, -0.1) is 0 Å². The number of halogens is 1. The number of hydrogen-bond acceptors (Lipinski definition) is 2. The molecule has 0 bridgehead atoms. The van der Waals surface area contributed by atoms with Crippen molar-refractivity contribution >= 4 is 0 Å². The fraction of sp³-hybridized carbons (Fsp3) is 0.667. The van der Waals surface area contributed by atoms with Crippen LogP contribution >= 0.6 is 0 Å². The van der Waals surface area contributed by atoms with Crippen LogP contribution in [0.2, 0.25) is 0 Å². The van der Waals surface area contributed by atoms with Gasteiger partial charge in [0.25, 0.3) is 0 Å². The molecule has 0 aliphatic heterocycles. The summed E-state index contributed by atoms with van der Waals surface area (Å²) in [4.78, 5) is 0. The third kappa shape index (κ3) is 4.24. The summed E-state index contributed by atoms with van der Waals surface area (Å²) in [7, 11) is 6.18. The molecule has 0 amide bonds. The molecule has 3 nitrogen and oxygen atoms in total. The minimum Gasteiger partial charge on any atom is -1.00 e. The smallest absolute Gasteiger partial charge is 0.119 e. The van der Waals surface area contributed by atoms with Crippen LogP contribution in [0, 0.1) is 5.92 Å². The zero-order valence-corrected chi connectivity index (χ0v) is 15.9. The van der Waals surface area contributed by atoms with Gasteiger partial charge in [0.2, 0.25) is 0 Å². The van der Waals surface area contributed by atoms with Gasteiger partial charge in [0, 0.05) is 5.92 Å². The average Bonchev–Trinajstić information content (AvgIpc) is 2.49. The van der Waals surface area contributed by atoms with Crippen LogP contribution in [0.1, 0.15) is 38.2 Å². The van der Waals surface area contributed by atoms with Crippen LogP contribution in [0.15, 0.2) is 24.3 Å². The molecule has 1 aliphatic rings. The Kier molecular flexibility index (Phi) is 6.90. The number of hydrogen-bond donors (Lipinski definition) is 1. The van der Waals surface area contributed by atoms with Crippen molar-refractivity contribution in [3.05, 3.63) is 29.8 Å². The first-order valence-electron chi connectivity index (χ1n) is 8.10. The summed E-state index contributed by atoms with van der Waals surface area (Å²) < 4.78 is 6.29. The Morgan fingerprint density at radius 3 is 2.68 bits per heavy atom. The highest BCUT2D eigenvalue weighted by Gasteiger charge is 2.43. The van der Waals surface area contributed by atoms with Crippen LogP contribution in [0.3, 0.4) is 0 Å². The first kappa shape index (κ1) is 19.5. The van der Waals surface area contributed by atoms with Crippen LogP contribution < -0.4 is 21.7 Å². The molecule has 1 saturated carbocycles. The van der Waals surface area contributed by atoms with E-state index >= 15 is 0 Å². The first-order chi connectivity index (χ1) is 9.91. The van der Waals surface area contributed by atoms with Gasteiger partial charge in [0.05, 0.1) is 39.9 Å². The van der Waals surface area contributed by atoms with E-state index in [2.05, 4.69) is 21.0 Å². The lowest BCUT2D eigenvalue weighted by molar-refractivity contribution is -0.893. The molecular formula is C18H30BrNO2. The molecule has 2 rings (SSSR count). The van der Waals surface area contributed by atoms with E-state index < -0.39 is 5.60 Å². The van der Waals surface area contributed by atoms with E-state index in [0.717, 1.165) is 48.1 Å². The molecule has 0 heterocycles. The lowest BCUT2D eigenvalue weighted by Gasteiger charge is -2.44. The Hall–Kier alpha value is -0.580. The Morgan fingerprint density at radius 1 is 1.32 bits per heavy atom. The zero-order chi connectivity index (χ0) is 15.5. The number of nitrogens with zero attached hydrogens (tertiary/aromatic N) is 1. The zero-order valence-electron chi connectivity index (χ0n) is 14.3. The molecule has 1 N–H and O–H groups in total. The molecule has 1 unspecified atom stereocenters. The minimum absolute atomic E-state index is 0. The van der Waals surface area contributed by atoms with E-state index in [9.17, 15) is 5.11 Å². The van der Waals surface area contributed by atoms with Crippen molar-refractivity contribution in [2.24, 2.45) is 5.92 Å². The number of ether oxygens (including phenoxy) is 1. The predicted molar refractivity (Wildman–Crippen MR) is 86.4 cm³/mol. The monoisotopic (exact) mass is 371 g/mol. The van der Waals surface area contributed by atoms with E-state index in [1.165, 1.54) is 6.42 Å². The quantitative estimate of drug-likeness (QED) is 0.747. The highest BCUT2D eigenvalue weighted by atomic mass is 79.9. The van der Waals surface area contributed by atoms with Crippen LogP contribution in [0.25, 0.3) is 0 Å². The van der Waals surface area contributed by atoms with Crippen molar-refractivity contribution in [3.63, 3.8) is 0 Å². The summed E-state index contributed by atoms with van der Waals surface area (Å²) in [5, 5.41) is 11.4. The minimum atomic E-state index is -0.711. The molecule has 0 aromatic heterocycles. The molecule has 0 spiro atoms. The molecule has 1 aliphatic carbocycles. The molecule has 1 aromatic rings. The van der Waals surface area contributed by atoms with Gasteiger partial charge in [-0.1, -0.05) is 25.0 Å².